The van der Waals surface area contributed by atoms with E-state index in [4.69, 9.17) is 0 Å². The molecule has 21 heavy (non-hydrogen) atoms. The van der Waals surface area contributed by atoms with Gasteiger partial charge in [-0.25, -0.2) is 0 Å². The molecular formula is C16H26N4O. The highest BCUT2D eigenvalue weighted by molar-refractivity contribution is 5.76. The first-order valence-corrected chi connectivity index (χ1v) is 8.14. The zero-order valence-corrected chi connectivity index (χ0v) is 13.1. The van der Waals surface area contributed by atoms with Crippen LogP contribution >= 0.6 is 0 Å². The third-order valence-electron chi connectivity index (χ3n) is 4.55. The first-order valence-electron chi connectivity index (χ1n) is 8.14. The normalized spacial score (nSPS) is 22.3. The van der Waals surface area contributed by atoms with Gasteiger partial charge in [0.05, 0.1) is 5.69 Å². The van der Waals surface area contributed by atoms with Gasteiger partial charge in [0, 0.05) is 18.3 Å². The van der Waals surface area contributed by atoms with Gasteiger partial charge in [0.1, 0.15) is 6.54 Å². The average molecular weight is 290 g/mol. The van der Waals surface area contributed by atoms with Crippen LogP contribution < -0.4 is 5.32 Å². The van der Waals surface area contributed by atoms with Crippen molar-refractivity contribution in [2.75, 3.05) is 19.6 Å². The number of rotatable bonds is 5. The summed E-state index contributed by atoms with van der Waals surface area (Å²) in [6.45, 7) is 7.46. The summed E-state index contributed by atoms with van der Waals surface area (Å²) < 4.78 is 1.84. The van der Waals surface area contributed by atoms with Crippen LogP contribution in [0.25, 0.3) is 0 Å². The number of amides is 1. The Morgan fingerprint density at radius 3 is 2.81 bits per heavy atom. The van der Waals surface area contributed by atoms with Gasteiger partial charge in [-0.1, -0.05) is 0 Å². The number of hydrogen-bond donors (Lipinski definition) is 1. The minimum absolute atomic E-state index is 0.231. The molecule has 1 aromatic heterocycles. The van der Waals surface area contributed by atoms with Crippen LogP contribution in [0.4, 0.5) is 0 Å². The molecule has 1 atom stereocenters. The second-order valence-corrected chi connectivity index (χ2v) is 6.57. The third kappa shape index (κ3) is 3.64. The zero-order valence-electron chi connectivity index (χ0n) is 13.1. The van der Waals surface area contributed by atoms with Gasteiger partial charge in [-0.15, -0.1) is 0 Å². The number of carbonyl (C=O) groups excluding carboxylic acids is 1. The highest BCUT2D eigenvalue weighted by Gasteiger charge is 2.34. The smallest absolute Gasteiger partial charge is 0.244 e. The Morgan fingerprint density at radius 1 is 1.43 bits per heavy atom. The maximum atomic E-state index is 12.7. The summed E-state index contributed by atoms with van der Waals surface area (Å²) in [5, 5.41) is 7.86. The topological polar surface area (TPSA) is 50.2 Å². The molecule has 116 valence electrons. The number of nitrogens with zero attached hydrogens (tertiary/aromatic N) is 3. The van der Waals surface area contributed by atoms with Gasteiger partial charge < -0.3 is 10.2 Å². The van der Waals surface area contributed by atoms with Crippen molar-refractivity contribution in [3.8, 4) is 0 Å². The van der Waals surface area contributed by atoms with E-state index in [1.807, 2.05) is 24.6 Å². The van der Waals surface area contributed by atoms with E-state index in [-0.39, 0.29) is 5.91 Å². The summed E-state index contributed by atoms with van der Waals surface area (Å²) in [5.74, 6) is 0.845. The molecule has 1 N–H and O–H groups in total. The SMILES string of the molecule is Cc1cc(C)n(CC(=O)N(CC2CCCNC2)C2CC2)n1. The van der Waals surface area contributed by atoms with Gasteiger partial charge in [0.2, 0.25) is 5.91 Å². The number of nitrogens with one attached hydrogen (secondary N) is 1. The Kier molecular flexibility index (Phi) is 4.29. The van der Waals surface area contributed by atoms with E-state index < -0.39 is 0 Å². The van der Waals surface area contributed by atoms with Crippen molar-refractivity contribution in [2.24, 2.45) is 5.92 Å². The largest absolute Gasteiger partial charge is 0.338 e. The number of piperidine rings is 1. The van der Waals surface area contributed by atoms with Crippen molar-refractivity contribution in [3.63, 3.8) is 0 Å². The number of aryl methyl sites for hydroxylation is 2. The van der Waals surface area contributed by atoms with Crippen LogP contribution in [0, 0.1) is 19.8 Å². The van der Waals surface area contributed by atoms with E-state index in [2.05, 4.69) is 15.3 Å². The lowest BCUT2D eigenvalue weighted by Gasteiger charge is -2.30. The molecule has 1 unspecified atom stereocenters. The minimum atomic E-state index is 0.231. The molecule has 1 aromatic rings. The minimum Gasteiger partial charge on any atom is -0.338 e. The molecule has 0 radical (unpaired) electrons. The Balaban J connectivity index is 1.63. The first kappa shape index (κ1) is 14.6. The molecule has 0 aromatic carbocycles. The predicted molar refractivity (Wildman–Crippen MR) is 82.0 cm³/mol. The number of hydrogen-bond acceptors (Lipinski definition) is 3. The maximum Gasteiger partial charge on any atom is 0.244 e. The standard InChI is InChI=1S/C16H26N4O/c1-12-8-13(2)20(18-12)11-16(21)19(15-5-6-15)10-14-4-3-7-17-9-14/h8,14-15,17H,3-7,9-11H2,1-2H3. The van der Waals surface area contributed by atoms with Crippen molar-refractivity contribution in [2.45, 2.75) is 52.1 Å². The van der Waals surface area contributed by atoms with Gasteiger partial charge in [-0.3, -0.25) is 9.48 Å². The number of aromatic nitrogens is 2. The molecule has 1 saturated heterocycles. The van der Waals surface area contributed by atoms with Gasteiger partial charge >= 0.3 is 0 Å². The molecule has 0 bridgehead atoms. The Bertz CT molecular complexity index is 500. The fourth-order valence-electron chi connectivity index (χ4n) is 3.25. The Hall–Kier alpha value is -1.36. The van der Waals surface area contributed by atoms with Crippen molar-refractivity contribution >= 4 is 5.91 Å². The first-order chi connectivity index (χ1) is 10.1. The van der Waals surface area contributed by atoms with E-state index in [0.717, 1.165) is 31.0 Å². The lowest BCUT2D eigenvalue weighted by molar-refractivity contribution is -0.133. The molecule has 3 rings (SSSR count). The molecule has 1 amide bonds. The van der Waals surface area contributed by atoms with E-state index in [0.29, 0.717) is 18.5 Å². The summed E-state index contributed by atoms with van der Waals surface area (Å²) in [6, 6.07) is 2.51. The quantitative estimate of drug-likeness (QED) is 0.894. The van der Waals surface area contributed by atoms with E-state index in [1.165, 1.54) is 25.7 Å². The van der Waals surface area contributed by atoms with E-state index in [9.17, 15) is 4.79 Å². The molecule has 2 fully saturated rings. The molecule has 5 heteroatoms. The molecule has 1 saturated carbocycles. The summed E-state index contributed by atoms with van der Waals surface area (Å²) in [6.07, 6.45) is 4.81. The van der Waals surface area contributed by atoms with Crippen molar-refractivity contribution in [1.82, 2.24) is 20.0 Å². The van der Waals surface area contributed by atoms with Gasteiger partial charge in [0.25, 0.3) is 0 Å². The predicted octanol–water partition coefficient (Wildman–Crippen LogP) is 1.49. The molecule has 2 heterocycles. The third-order valence-corrected chi connectivity index (χ3v) is 4.55. The molecule has 0 spiro atoms. The van der Waals surface area contributed by atoms with Crippen LogP contribution in [0.5, 0.6) is 0 Å². The Morgan fingerprint density at radius 2 is 2.24 bits per heavy atom. The second kappa shape index (κ2) is 6.18. The molecule has 1 aliphatic heterocycles. The lowest BCUT2D eigenvalue weighted by atomic mass is 9.99. The van der Waals surface area contributed by atoms with Gasteiger partial charge in [-0.2, -0.15) is 5.10 Å². The maximum absolute atomic E-state index is 12.7. The molecule has 1 aliphatic carbocycles. The summed E-state index contributed by atoms with van der Waals surface area (Å²) in [4.78, 5) is 14.8. The van der Waals surface area contributed by atoms with Crippen LogP contribution in [-0.2, 0) is 11.3 Å². The van der Waals surface area contributed by atoms with E-state index in [1.54, 1.807) is 0 Å². The lowest BCUT2D eigenvalue weighted by Crippen LogP contribution is -2.43. The van der Waals surface area contributed by atoms with Crippen LogP contribution in [-0.4, -0.2) is 46.3 Å². The molecule has 2 aliphatic rings. The molecule has 5 nitrogen and oxygen atoms in total. The Labute approximate surface area is 126 Å². The summed E-state index contributed by atoms with van der Waals surface area (Å²) in [7, 11) is 0. The van der Waals surface area contributed by atoms with Crippen LogP contribution in [0.3, 0.4) is 0 Å². The highest BCUT2D eigenvalue weighted by atomic mass is 16.2. The fraction of sp³-hybridized carbons (Fsp3) is 0.750. The van der Waals surface area contributed by atoms with Crippen LogP contribution in [0.15, 0.2) is 6.07 Å². The molecular weight excluding hydrogens is 264 g/mol. The van der Waals surface area contributed by atoms with Crippen LogP contribution in [0.1, 0.15) is 37.1 Å². The van der Waals surface area contributed by atoms with Crippen LogP contribution in [0.2, 0.25) is 0 Å². The van der Waals surface area contributed by atoms with Crippen molar-refractivity contribution in [3.05, 3.63) is 17.5 Å². The number of carbonyl (C=O) groups is 1. The average Bonchev–Trinajstić information content (AvgIpc) is 3.24. The fourth-order valence-corrected chi connectivity index (χ4v) is 3.25. The highest BCUT2D eigenvalue weighted by Crippen LogP contribution is 2.29. The summed E-state index contributed by atoms with van der Waals surface area (Å²) in [5.41, 5.74) is 2.05. The van der Waals surface area contributed by atoms with Crippen molar-refractivity contribution in [1.29, 1.82) is 0 Å². The monoisotopic (exact) mass is 290 g/mol. The zero-order chi connectivity index (χ0) is 14.8. The van der Waals surface area contributed by atoms with E-state index >= 15 is 0 Å². The second-order valence-electron chi connectivity index (χ2n) is 6.57. The van der Waals surface area contributed by atoms with Crippen molar-refractivity contribution < 1.29 is 4.79 Å². The van der Waals surface area contributed by atoms with Gasteiger partial charge in [0.15, 0.2) is 0 Å². The van der Waals surface area contributed by atoms with Gasteiger partial charge in [-0.05, 0) is 64.6 Å². The summed E-state index contributed by atoms with van der Waals surface area (Å²) >= 11 is 0.